The van der Waals surface area contributed by atoms with Crippen LogP contribution < -0.4 is 15.2 Å². The highest BCUT2D eigenvalue weighted by molar-refractivity contribution is 6.03. The molecular formula is C28H32F3N5O3. The Hall–Kier alpha value is -3.80. The SMILES string of the molecule is C=NC(=Nc1ccc(OCCCN2CCOCC2)cc1-c1cccc(OC(F)(F)F)c1)c1cccnc1.CN. The summed E-state index contributed by atoms with van der Waals surface area (Å²) >= 11 is 0. The minimum Gasteiger partial charge on any atom is -0.494 e. The molecular weight excluding hydrogens is 511 g/mol. The molecule has 2 aromatic carbocycles. The molecule has 0 spiro atoms. The van der Waals surface area contributed by atoms with Gasteiger partial charge in [-0.05, 0) is 68.2 Å². The van der Waals surface area contributed by atoms with E-state index in [2.05, 4.69) is 37.1 Å². The number of hydrogen-bond donors (Lipinski definition) is 1. The number of nitrogens with zero attached hydrogens (tertiary/aromatic N) is 4. The number of benzene rings is 2. The van der Waals surface area contributed by atoms with E-state index >= 15 is 0 Å². The summed E-state index contributed by atoms with van der Waals surface area (Å²) in [6, 6.07) is 14.6. The molecule has 1 saturated heterocycles. The van der Waals surface area contributed by atoms with Gasteiger partial charge in [0.25, 0.3) is 0 Å². The number of aliphatic imine (C=N–C) groups is 2. The van der Waals surface area contributed by atoms with E-state index < -0.39 is 6.36 Å². The Balaban J connectivity index is 0.00000205. The van der Waals surface area contributed by atoms with E-state index in [-0.39, 0.29) is 5.75 Å². The van der Waals surface area contributed by atoms with E-state index in [1.165, 1.54) is 25.2 Å². The van der Waals surface area contributed by atoms with Gasteiger partial charge in [-0.3, -0.25) is 9.88 Å². The average molecular weight is 544 g/mol. The van der Waals surface area contributed by atoms with Gasteiger partial charge in [-0.15, -0.1) is 13.2 Å². The number of pyridine rings is 1. The van der Waals surface area contributed by atoms with Crippen molar-refractivity contribution < 1.29 is 27.4 Å². The van der Waals surface area contributed by atoms with Crippen LogP contribution in [-0.2, 0) is 4.74 Å². The Labute approximate surface area is 226 Å². The van der Waals surface area contributed by atoms with Crippen molar-refractivity contribution in [1.29, 1.82) is 0 Å². The Morgan fingerprint density at radius 3 is 2.56 bits per heavy atom. The highest BCUT2D eigenvalue weighted by Gasteiger charge is 2.31. The van der Waals surface area contributed by atoms with Gasteiger partial charge in [0.1, 0.15) is 11.5 Å². The first-order chi connectivity index (χ1) is 18.9. The first-order valence-electron chi connectivity index (χ1n) is 12.4. The first kappa shape index (κ1) is 29.8. The largest absolute Gasteiger partial charge is 0.573 e. The molecule has 1 aliphatic heterocycles. The number of halogens is 3. The third-order valence-corrected chi connectivity index (χ3v) is 5.63. The lowest BCUT2D eigenvalue weighted by Crippen LogP contribution is -2.37. The molecule has 0 saturated carbocycles. The number of nitrogens with two attached hydrogens (primary N) is 1. The highest BCUT2D eigenvalue weighted by atomic mass is 19.4. The molecule has 2 heterocycles. The molecule has 4 rings (SSSR count). The Morgan fingerprint density at radius 1 is 1.08 bits per heavy atom. The molecule has 0 radical (unpaired) electrons. The fraction of sp³-hybridized carbons (Fsp3) is 0.321. The summed E-state index contributed by atoms with van der Waals surface area (Å²) in [6.45, 7) is 8.29. The summed E-state index contributed by atoms with van der Waals surface area (Å²) in [7, 11) is 1.50. The second-order valence-corrected chi connectivity index (χ2v) is 8.25. The fourth-order valence-electron chi connectivity index (χ4n) is 3.90. The van der Waals surface area contributed by atoms with Crippen molar-refractivity contribution in [3.05, 3.63) is 72.6 Å². The number of alkyl halides is 3. The zero-order valence-electron chi connectivity index (χ0n) is 21.7. The molecule has 39 heavy (non-hydrogen) atoms. The molecule has 1 aliphatic rings. The first-order valence-corrected chi connectivity index (χ1v) is 12.4. The highest BCUT2D eigenvalue weighted by Crippen LogP contribution is 2.36. The molecule has 0 aliphatic carbocycles. The van der Waals surface area contributed by atoms with E-state index in [0.717, 1.165) is 39.3 Å². The van der Waals surface area contributed by atoms with Crippen molar-refractivity contribution in [3.63, 3.8) is 0 Å². The molecule has 0 amide bonds. The van der Waals surface area contributed by atoms with E-state index in [4.69, 9.17) is 9.47 Å². The number of rotatable bonds is 9. The molecule has 0 unspecified atom stereocenters. The van der Waals surface area contributed by atoms with Crippen LogP contribution in [0, 0.1) is 0 Å². The Kier molecular flexibility index (Phi) is 11.4. The normalized spacial score (nSPS) is 14.2. The molecule has 1 aromatic heterocycles. The van der Waals surface area contributed by atoms with Crippen LogP contribution in [0.4, 0.5) is 18.9 Å². The van der Waals surface area contributed by atoms with Gasteiger partial charge in [-0.25, -0.2) is 9.98 Å². The van der Waals surface area contributed by atoms with Gasteiger partial charge in [0.05, 0.1) is 25.5 Å². The van der Waals surface area contributed by atoms with Gasteiger partial charge < -0.3 is 19.9 Å². The summed E-state index contributed by atoms with van der Waals surface area (Å²) in [5.74, 6) is 0.579. The number of hydrogen-bond acceptors (Lipinski definition) is 7. The van der Waals surface area contributed by atoms with Crippen LogP contribution in [0.1, 0.15) is 12.0 Å². The summed E-state index contributed by atoms with van der Waals surface area (Å²) in [5.41, 5.74) is 6.68. The third-order valence-electron chi connectivity index (χ3n) is 5.63. The summed E-state index contributed by atoms with van der Waals surface area (Å²) < 4.78 is 54.0. The van der Waals surface area contributed by atoms with E-state index in [1.807, 2.05) is 0 Å². The monoisotopic (exact) mass is 543 g/mol. The van der Waals surface area contributed by atoms with Crippen molar-refractivity contribution in [2.75, 3.05) is 46.5 Å². The number of amidine groups is 1. The van der Waals surface area contributed by atoms with Gasteiger partial charge in [-0.1, -0.05) is 12.1 Å². The van der Waals surface area contributed by atoms with Crippen molar-refractivity contribution in [2.24, 2.45) is 15.7 Å². The van der Waals surface area contributed by atoms with Gasteiger partial charge in [0.2, 0.25) is 0 Å². The van der Waals surface area contributed by atoms with Crippen LogP contribution in [0.3, 0.4) is 0 Å². The van der Waals surface area contributed by atoms with Crippen LogP contribution in [-0.4, -0.2) is 75.3 Å². The fourth-order valence-corrected chi connectivity index (χ4v) is 3.90. The van der Waals surface area contributed by atoms with Crippen molar-refractivity contribution in [2.45, 2.75) is 12.8 Å². The molecule has 2 N–H and O–H groups in total. The van der Waals surface area contributed by atoms with Crippen molar-refractivity contribution >= 4 is 18.2 Å². The quantitative estimate of drug-likeness (QED) is 0.229. The second-order valence-electron chi connectivity index (χ2n) is 8.25. The molecule has 11 heteroatoms. The van der Waals surface area contributed by atoms with Crippen LogP contribution in [0.15, 0.2) is 77.0 Å². The minimum absolute atomic E-state index is 0.328. The lowest BCUT2D eigenvalue weighted by Gasteiger charge is -2.26. The molecule has 0 atom stereocenters. The third kappa shape index (κ3) is 9.47. The molecule has 3 aromatic rings. The molecule has 208 valence electrons. The topological polar surface area (TPSA) is 94.6 Å². The molecule has 0 bridgehead atoms. The Morgan fingerprint density at radius 2 is 1.87 bits per heavy atom. The predicted octanol–water partition coefficient (Wildman–Crippen LogP) is 5.10. The number of ether oxygens (including phenoxy) is 3. The molecule has 8 nitrogen and oxygen atoms in total. The van der Waals surface area contributed by atoms with Crippen LogP contribution in [0.5, 0.6) is 11.5 Å². The lowest BCUT2D eigenvalue weighted by atomic mass is 10.0. The molecule has 1 fully saturated rings. The summed E-state index contributed by atoms with van der Waals surface area (Å²) in [5, 5.41) is 0. The standard InChI is InChI=1S/C27H27F3N4O3.CH5N/c1-31-26(21-6-3-10-32-19-21)33-25-9-8-22(36-14-4-11-34-12-15-35-16-13-34)18-24(25)20-5-2-7-23(17-20)37-27(28,29)30;1-2/h2-3,5-10,17-19H,1,4,11-16H2;2H2,1H3. The van der Waals surface area contributed by atoms with Gasteiger partial charge in [-0.2, -0.15) is 0 Å². The zero-order valence-corrected chi connectivity index (χ0v) is 21.7. The number of morpholine rings is 1. The van der Waals surface area contributed by atoms with Gasteiger partial charge in [0.15, 0.2) is 5.84 Å². The van der Waals surface area contributed by atoms with E-state index in [1.54, 1.807) is 48.8 Å². The zero-order chi connectivity index (χ0) is 28.1. The van der Waals surface area contributed by atoms with Crippen LogP contribution in [0.25, 0.3) is 11.1 Å². The Bertz CT molecular complexity index is 1220. The summed E-state index contributed by atoms with van der Waals surface area (Å²) in [4.78, 5) is 15.1. The predicted molar refractivity (Wildman–Crippen MR) is 146 cm³/mol. The van der Waals surface area contributed by atoms with Crippen molar-refractivity contribution in [1.82, 2.24) is 9.88 Å². The van der Waals surface area contributed by atoms with Crippen molar-refractivity contribution in [3.8, 4) is 22.6 Å². The minimum atomic E-state index is -4.80. The summed E-state index contributed by atoms with van der Waals surface area (Å²) in [6.07, 6.45) is -0.731. The lowest BCUT2D eigenvalue weighted by molar-refractivity contribution is -0.274. The van der Waals surface area contributed by atoms with Crippen LogP contribution >= 0.6 is 0 Å². The smallest absolute Gasteiger partial charge is 0.494 e. The average Bonchev–Trinajstić information content (AvgIpc) is 2.96. The maximum atomic E-state index is 12.8. The van der Waals surface area contributed by atoms with Crippen LogP contribution in [0.2, 0.25) is 0 Å². The number of aromatic nitrogens is 1. The maximum Gasteiger partial charge on any atom is 0.573 e. The van der Waals surface area contributed by atoms with E-state index in [0.29, 0.717) is 40.6 Å². The van der Waals surface area contributed by atoms with E-state index in [9.17, 15) is 13.2 Å². The maximum absolute atomic E-state index is 12.8. The van der Waals surface area contributed by atoms with Gasteiger partial charge in [0, 0.05) is 43.2 Å². The van der Waals surface area contributed by atoms with Gasteiger partial charge >= 0.3 is 6.36 Å². The second kappa shape index (κ2) is 15.0.